The van der Waals surface area contributed by atoms with Crippen LogP contribution in [0.3, 0.4) is 0 Å². The van der Waals surface area contributed by atoms with Gasteiger partial charge in [-0.3, -0.25) is 4.79 Å². The van der Waals surface area contributed by atoms with E-state index in [-0.39, 0.29) is 17.9 Å². The third kappa shape index (κ3) is 5.58. The van der Waals surface area contributed by atoms with Crippen LogP contribution in [-0.2, 0) is 15.0 Å². The van der Waals surface area contributed by atoms with Crippen molar-refractivity contribution in [3.05, 3.63) is 65.7 Å². The zero-order valence-electron chi connectivity index (χ0n) is 13.7. The smallest absolute Gasteiger partial charge is 0.265 e. The van der Waals surface area contributed by atoms with Crippen molar-refractivity contribution in [3.8, 4) is 0 Å². The standard InChI is InChI=1S/C19H22N2O2/c1-19(2,3)16-9-11-17(12-10-16)21-18(22)14-23-20-13-15-7-5-4-6-8-15/h4-13H,14H2,1-3H3,(H,21,22)/b20-13-. The molecule has 0 aliphatic heterocycles. The van der Waals surface area contributed by atoms with Crippen molar-refractivity contribution in [3.63, 3.8) is 0 Å². The molecule has 0 fully saturated rings. The van der Waals surface area contributed by atoms with E-state index in [9.17, 15) is 4.79 Å². The zero-order valence-corrected chi connectivity index (χ0v) is 13.7. The van der Waals surface area contributed by atoms with Crippen molar-refractivity contribution in [1.82, 2.24) is 0 Å². The summed E-state index contributed by atoms with van der Waals surface area (Å²) < 4.78 is 0. The first-order valence-electron chi connectivity index (χ1n) is 7.56. The van der Waals surface area contributed by atoms with Gasteiger partial charge in [0.2, 0.25) is 0 Å². The third-order valence-corrected chi connectivity index (χ3v) is 3.31. The highest BCUT2D eigenvalue weighted by atomic mass is 16.6. The number of hydrogen-bond donors (Lipinski definition) is 1. The lowest BCUT2D eigenvalue weighted by molar-refractivity contribution is -0.120. The molecule has 120 valence electrons. The molecule has 2 aromatic rings. The summed E-state index contributed by atoms with van der Waals surface area (Å²) in [7, 11) is 0. The molecule has 4 heteroatoms. The van der Waals surface area contributed by atoms with Gasteiger partial charge in [0, 0.05) is 5.69 Å². The van der Waals surface area contributed by atoms with E-state index < -0.39 is 0 Å². The Morgan fingerprint density at radius 1 is 1.09 bits per heavy atom. The Kier molecular flexibility index (Phi) is 5.52. The number of hydrogen-bond acceptors (Lipinski definition) is 3. The Bertz CT molecular complexity index is 656. The summed E-state index contributed by atoms with van der Waals surface area (Å²) in [6.07, 6.45) is 1.57. The second-order valence-corrected chi connectivity index (χ2v) is 6.29. The molecule has 0 saturated heterocycles. The van der Waals surface area contributed by atoms with E-state index in [2.05, 4.69) is 31.2 Å². The van der Waals surface area contributed by atoms with Crippen molar-refractivity contribution in [2.75, 3.05) is 11.9 Å². The molecule has 0 unspecified atom stereocenters. The Balaban J connectivity index is 1.80. The number of nitrogens with zero attached hydrogens (tertiary/aromatic N) is 1. The first-order valence-corrected chi connectivity index (χ1v) is 7.56. The Morgan fingerprint density at radius 3 is 2.35 bits per heavy atom. The van der Waals surface area contributed by atoms with Crippen LogP contribution in [0.4, 0.5) is 5.69 Å². The number of carbonyl (C=O) groups is 1. The van der Waals surface area contributed by atoms with E-state index in [1.165, 1.54) is 5.56 Å². The van der Waals surface area contributed by atoms with Crippen molar-refractivity contribution in [2.24, 2.45) is 5.16 Å². The van der Waals surface area contributed by atoms with Crippen LogP contribution >= 0.6 is 0 Å². The molecule has 1 N–H and O–H groups in total. The normalized spacial score (nSPS) is 11.4. The predicted molar refractivity (Wildman–Crippen MR) is 93.8 cm³/mol. The second kappa shape index (κ2) is 7.58. The minimum atomic E-state index is -0.237. The lowest BCUT2D eigenvalue weighted by Gasteiger charge is -2.19. The highest BCUT2D eigenvalue weighted by Gasteiger charge is 2.13. The number of rotatable bonds is 5. The van der Waals surface area contributed by atoms with Gasteiger partial charge in [0.1, 0.15) is 0 Å². The van der Waals surface area contributed by atoms with Crippen LogP contribution in [0.15, 0.2) is 59.8 Å². The molecule has 0 heterocycles. The maximum Gasteiger partial charge on any atom is 0.265 e. The molecule has 2 aromatic carbocycles. The lowest BCUT2D eigenvalue weighted by atomic mass is 9.87. The van der Waals surface area contributed by atoms with Gasteiger partial charge >= 0.3 is 0 Å². The van der Waals surface area contributed by atoms with E-state index in [1.54, 1.807) is 6.21 Å². The lowest BCUT2D eigenvalue weighted by Crippen LogP contribution is -2.17. The fraction of sp³-hybridized carbons (Fsp3) is 0.263. The number of anilines is 1. The van der Waals surface area contributed by atoms with E-state index >= 15 is 0 Å². The maximum absolute atomic E-state index is 11.8. The summed E-state index contributed by atoms with van der Waals surface area (Å²) in [5.74, 6) is -0.237. The first kappa shape index (κ1) is 16.7. The highest BCUT2D eigenvalue weighted by Crippen LogP contribution is 2.23. The Morgan fingerprint density at radius 2 is 1.74 bits per heavy atom. The molecule has 0 saturated carbocycles. The number of amides is 1. The van der Waals surface area contributed by atoms with Crippen LogP contribution in [-0.4, -0.2) is 18.7 Å². The minimum absolute atomic E-state index is 0.0950. The van der Waals surface area contributed by atoms with E-state index in [1.807, 2.05) is 54.6 Å². The van der Waals surface area contributed by atoms with Gasteiger partial charge in [-0.25, -0.2) is 0 Å². The fourth-order valence-corrected chi connectivity index (χ4v) is 1.98. The maximum atomic E-state index is 11.8. The number of benzene rings is 2. The van der Waals surface area contributed by atoms with Crippen molar-refractivity contribution < 1.29 is 9.63 Å². The van der Waals surface area contributed by atoms with Gasteiger partial charge in [0.25, 0.3) is 5.91 Å². The van der Waals surface area contributed by atoms with Crippen LogP contribution < -0.4 is 5.32 Å². The molecule has 1 amide bonds. The van der Waals surface area contributed by atoms with Crippen LogP contribution in [0, 0.1) is 0 Å². The van der Waals surface area contributed by atoms with Crippen LogP contribution in [0.25, 0.3) is 0 Å². The average Bonchev–Trinajstić information content (AvgIpc) is 2.52. The van der Waals surface area contributed by atoms with Gasteiger partial charge in [-0.15, -0.1) is 0 Å². The number of nitrogens with one attached hydrogen (secondary N) is 1. The van der Waals surface area contributed by atoms with Crippen LogP contribution in [0.1, 0.15) is 31.9 Å². The molecule has 0 spiro atoms. The monoisotopic (exact) mass is 310 g/mol. The topological polar surface area (TPSA) is 50.7 Å². The molecule has 0 aliphatic rings. The van der Waals surface area contributed by atoms with Crippen LogP contribution in [0.2, 0.25) is 0 Å². The quantitative estimate of drug-likeness (QED) is 0.671. The summed E-state index contributed by atoms with van der Waals surface area (Å²) in [6.45, 7) is 6.34. The van der Waals surface area contributed by atoms with Gasteiger partial charge in [0.15, 0.2) is 6.61 Å². The summed E-state index contributed by atoms with van der Waals surface area (Å²) >= 11 is 0. The average molecular weight is 310 g/mol. The molecule has 2 rings (SSSR count). The van der Waals surface area contributed by atoms with Crippen molar-refractivity contribution in [1.29, 1.82) is 0 Å². The number of carbonyl (C=O) groups excluding carboxylic acids is 1. The van der Waals surface area contributed by atoms with Crippen LogP contribution in [0.5, 0.6) is 0 Å². The summed E-state index contributed by atoms with van der Waals surface area (Å²) in [5.41, 5.74) is 2.99. The SMILES string of the molecule is CC(C)(C)c1ccc(NC(=O)CO/N=C\c2ccccc2)cc1. The minimum Gasteiger partial charge on any atom is -0.386 e. The molecule has 23 heavy (non-hydrogen) atoms. The Hall–Kier alpha value is -2.62. The highest BCUT2D eigenvalue weighted by molar-refractivity contribution is 5.91. The number of oxime groups is 1. The molecular formula is C19H22N2O2. The largest absolute Gasteiger partial charge is 0.386 e. The summed E-state index contributed by atoms with van der Waals surface area (Å²) in [4.78, 5) is 16.8. The summed E-state index contributed by atoms with van der Waals surface area (Å²) in [5, 5.41) is 6.57. The van der Waals surface area contributed by atoms with E-state index in [0.717, 1.165) is 11.3 Å². The first-order chi connectivity index (χ1) is 10.9. The molecule has 0 radical (unpaired) electrons. The Labute approximate surface area is 137 Å². The zero-order chi connectivity index (χ0) is 16.7. The van der Waals surface area contributed by atoms with Gasteiger partial charge in [-0.1, -0.05) is 68.4 Å². The van der Waals surface area contributed by atoms with E-state index in [4.69, 9.17) is 4.84 Å². The predicted octanol–water partition coefficient (Wildman–Crippen LogP) is 3.97. The molecular weight excluding hydrogens is 288 g/mol. The van der Waals surface area contributed by atoms with Gasteiger partial charge in [-0.2, -0.15) is 0 Å². The van der Waals surface area contributed by atoms with Gasteiger partial charge in [-0.05, 0) is 28.7 Å². The molecule has 0 aliphatic carbocycles. The fourth-order valence-electron chi connectivity index (χ4n) is 1.98. The van der Waals surface area contributed by atoms with Gasteiger partial charge in [0.05, 0.1) is 6.21 Å². The summed E-state index contributed by atoms with van der Waals surface area (Å²) in [6, 6.07) is 17.4. The second-order valence-electron chi connectivity index (χ2n) is 6.29. The third-order valence-electron chi connectivity index (χ3n) is 3.31. The van der Waals surface area contributed by atoms with Crippen molar-refractivity contribution in [2.45, 2.75) is 26.2 Å². The van der Waals surface area contributed by atoms with Crippen molar-refractivity contribution >= 4 is 17.8 Å². The molecule has 0 bridgehead atoms. The molecule has 0 atom stereocenters. The van der Waals surface area contributed by atoms with Gasteiger partial charge < -0.3 is 10.2 Å². The van der Waals surface area contributed by atoms with E-state index in [0.29, 0.717) is 0 Å². The molecule has 0 aromatic heterocycles. The molecule has 4 nitrogen and oxygen atoms in total.